The second-order valence-electron chi connectivity index (χ2n) is 18.9. The first kappa shape index (κ1) is 52.7. The van der Waals surface area contributed by atoms with Crippen molar-refractivity contribution in [3.8, 4) is 23.0 Å². The highest BCUT2D eigenvalue weighted by molar-refractivity contribution is 9.11. The van der Waals surface area contributed by atoms with E-state index in [1.807, 2.05) is 172 Å². The van der Waals surface area contributed by atoms with E-state index in [1.54, 1.807) is 30.3 Å². The number of hydrogen-bond donors (Lipinski definition) is 0. The molecule has 0 heterocycles. The summed E-state index contributed by atoms with van der Waals surface area (Å²) in [5.74, 6) is -1.78. The molecule has 13 heteroatoms. The first-order chi connectivity index (χ1) is 38.4. The molecule has 0 unspecified atom stereocenters. The van der Waals surface area contributed by atoms with Crippen molar-refractivity contribution in [3.05, 3.63) is 257 Å². The zero-order chi connectivity index (χ0) is 54.7. The molecule has 390 valence electrons. The molecule has 11 aromatic carbocycles. The first-order valence-electron chi connectivity index (χ1n) is 25.1. The summed E-state index contributed by atoms with van der Waals surface area (Å²) in [6.07, 6.45) is 0. The van der Waals surface area contributed by atoms with Crippen LogP contribution in [0.5, 0.6) is 23.0 Å². The summed E-state index contributed by atoms with van der Waals surface area (Å²) in [7, 11) is 0. The molecule has 10 nitrogen and oxygen atoms in total. The number of carbonyl (C=O) groups is 4. The molecule has 11 aromatic rings. The van der Waals surface area contributed by atoms with Crippen molar-refractivity contribution >= 4 is 115 Å². The van der Waals surface area contributed by atoms with Crippen LogP contribution in [0.4, 0.5) is 0 Å². The number of rotatable bonds is 16. The average molecular weight is 1240 g/mol. The summed E-state index contributed by atoms with van der Waals surface area (Å²) in [4.78, 5) is 60.0. The van der Waals surface area contributed by atoms with Gasteiger partial charge in [0, 0.05) is 42.2 Å². The monoisotopic (exact) mass is 1230 g/mol. The number of ether oxygens (including phenoxy) is 6. The summed E-state index contributed by atoms with van der Waals surface area (Å²) in [5, 5.41) is 2.87. The molecule has 0 fully saturated rings. The third kappa shape index (κ3) is 10.9. The summed E-state index contributed by atoms with van der Waals surface area (Å²) >= 11 is 11.4. The molecule has 0 N–H and O–H groups in total. The van der Waals surface area contributed by atoms with Crippen LogP contribution in [0.3, 0.4) is 0 Å². The maximum Gasteiger partial charge on any atom is 0.339 e. The number of aryl methyl sites for hydroxylation is 2. The molecular formula is C66H45Br3O10. The SMILES string of the molecule is Cc1ccc(Oc2cc(C(=O)OCc3ccccc3)c3c(C(=O)OCc4ccccc4)ccc4c5c(Oc6ccc(C)cc6Br)cc(C(=O)OCc6ccccc6)c6c(C(=O)OCc7ccccc7)cc(Br)c(c2c34)c65)c(Br)c1. The highest BCUT2D eigenvalue weighted by atomic mass is 79.9. The van der Waals surface area contributed by atoms with Crippen LogP contribution >= 0.6 is 47.8 Å². The van der Waals surface area contributed by atoms with Gasteiger partial charge >= 0.3 is 23.9 Å². The topological polar surface area (TPSA) is 124 Å². The summed E-state index contributed by atoms with van der Waals surface area (Å²) in [6.45, 7) is 3.61. The Bertz CT molecular complexity index is 4150. The summed E-state index contributed by atoms with van der Waals surface area (Å²) < 4.78 is 40.1. The highest BCUT2D eigenvalue weighted by Crippen LogP contribution is 2.54. The van der Waals surface area contributed by atoms with Crippen LogP contribution < -0.4 is 9.47 Å². The highest BCUT2D eigenvalue weighted by Gasteiger charge is 2.33. The van der Waals surface area contributed by atoms with Gasteiger partial charge in [-0.15, -0.1) is 0 Å². The normalized spacial score (nSPS) is 11.3. The van der Waals surface area contributed by atoms with E-state index < -0.39 is 23.9 Å². The zero-order valence-electron chi connectivity index (χ0n) is 42.4. The maximum absolute atomic E-state index is 15.1. The van der Waals surface area contributed by atoms with Crippen LogP contribution in [0, 0.1) is 13.8 Å². The van der Waals surface area contributed by atoms with Gasteiger partial charge in [-0.05, 0) is 133 Å². The number of carbonyl (C=O) groups excluding carboxylic acids is 4. The first-order valence-corrected chi connectivity index (χ1v) is 27.5. The van der Waals surface area contributed by atoms with E-state index in [0.29, 0.717) is 57.2 Å². The lowest BCUT2D eigenvalue weighted by Gasteiger charge is -2.25. The number of hydrogen-bond acceptors (Lipinski definition) is 10. The van der Waals surface area contributed by atoms with Crippen molar-refractivity contribution in [2.75, 3.05) is 0 Å². The molecule has 0 aromatic heterocycles. The molecule has 0 aliphatic rings. The van der Waals surface area contributed by atoms with Crippen molar-refractivity contribution in [1.29, 1.82) is 0 Å². The summed E-state index contributed by atoms with van der Waals surface area (Å²) in [6, 6.07) is 56.5. The minimum absolute atomic E-state index is 0.000938. The molecule has 0 amide bonds. The molecule has 0 saturated carbocycles. The molecule has 0 radical (unpaired) electrons. The molecule has 0 aliphatic carbocycles. The Hall–Kier alpha value is -8.36. The quantitative estimate of drug-likeness (QED) is 0.0400. The van der Waals surface area contributed by atoms with Crippen LogP contribution in [0.2, 0.25) is 0 Å². The van der Waals surface area contributed by atoms with E-state index in [1.165, 1.54) is 0 Å². The molecule has 0 saturated heterocycles. The molecule has 0 spiro atoms. The molecule has 79 heavy (non-hydrogen) atoms. The van der Waals surface area contributed by atoms with Crippen molar-refractivity contribution in [3.63, 3.8) is 0 Å². The van der Waals surface area contributed by atoms with Crippen molar-refractivity contribution < 1.29 is 47.6 Å². The molecule has 0 aliphatic heterocycles. The van der Waals surface area contributed by atoms with E-state index in [4.69, 9.17) is 28.4 Å². The van der Waals surface area contributed by atoms with E-state index in [2.05, 4.69) is 47.8 Å². The third-order valence-electron chi connectivity index (χ3n) is 13.4. The molecule has 0 bridgehead atoms. The van der Waals surface area contributed by atoms with Gasteiger partial charge in [0.15, 0.2) is 0 Å². The van der Waals surface area contributed by atoms with Crippen LogP contribution in [-0.2, 0) is 45.4 Å². The predicted octanol–water partition coefficient (Wildman–Crippen LogP) is 17.7. The van der Waals surface area contributed by atoms with Crippen molar-refractivity contribution in [2.24, 2.45) is 0 Å². The second-order valence-corrected chi connectivity index (χ2v) is 21.4. The Labute approximate surface area is 479 Å². The fourth-order valence-corrected chi connectivity index (χ4v) is 11.5. The second kappa shape index (κ2) is 22.9. The van der Waals surface area contributed by atoms with Gasteiger partial charge in [-0.1, -0.05) is 155 Å². The van der Waals surface area contributed by atoms with Gasteiger partial charge < -0.3 is 28.4 Å². The standard InChI is InChI=1S/C66H45Br3O10/c1-38-23-27-52(49(67)29-38)78-54-32-48(66(73)77-37-43-21-13-6-14-22-43)57-46(64(71)75-35-41-17-9-4-10-18-41)31-51(69)60-61-55(79-53-28-24-39(2)30-50(53)68)33-47(65(72)76-36-42-19-11-5-12-20-42)56-45(26-25-44(59(56)61)58(54)62(57)60)63(70)74-34-40-15-7-3-8-16-40/h3-33H,34-37H2,1-2H3. The Kier molecular flexibility index (Phi) is 15.3. The molecular weight excluding hydrogens is 1190 g/mol. The van der Waals surface area contributed by atoms with E-state index >= 15 is 9.59 Å². The minimum atomic E-state index is -0.752. The predicted molar refractivity (Wildman–Crippen MR) is 316 cm³/mol. The largest absolute Gasteiger partial charge is 0.457 e. The molecule has 0 atom stereocenters. The van der Waals surface area contributed by atoms with Gasteiger partial charge in [-0.2, -0.15) is 0 Å². The maximum atomic E-state index is 15.1. The Morgan fingerprint density at radius 3 is 1.09 bits per heavy atom. The van der Waals surface area contributed by atoms with Crippen molar-refractivity contribution in [1.82, 2.24) is 0 Å². The third-order valence-corrected chi connectivity index (χ3v) is 15.3. The lowest BCUT2D eigenvalue weighted by atomic mass is 9.83. The van der Waals surface area contributed by atoms with Gasteiger partial charge in [-0.3, -0.25) is 0 Å². The van der Waals surface area contributed by atoms with Gasteiger partial charge in [-0.25, -0.2) is 19.2 Å². The number of benzene rings is 11. The van der Waals surface area contributed by atoms with Crippen LogP contribution in [-0.4, -0.2) is 23.9 Å². The minimum Gasteiger partial charge on any atom is -0.457 e. The van der Waals surface area contributed by atoms with Crippen molar-refractivity contribution in [2.45, 2.75) is 40.3 Å². The number of halogens is 3. The fourth-order valence-electron chi connectivity index (χ4n) is 9.72. The van der Waals surface area contributed by atoms with Gasteiger partial charge in [0.05, 0.1) is 31.2 Å². The number of fused-ring (bicyclic) bond motifs is 2. The van der Waals surface area contributed by atoms with E-state index in [0.717, 1.165) is 33.4 Å². The van der Waals surface area contributed by atoms with E-state index in [9.17, 15) is 9.59 Å². The Balaban J connectivity index is 1.27. The Morgan fingerprint density at radius 1 is 0.316 bits per heavy atom. The lowest BCUT2D eigenvalue weighted by molar-refractivity contribution is 0.0458. The zero-order valence-corrected chi connectivity index (χ0v) is 47.2. The van der Waals surface area contributed by atoms with Gasteiger partial charge in [0.2, 0.25) is 0 Å². The van der Waals surface area contributed by atoms with E-state index in [-0.39, 0.29) is 71.0 Å². The van der Waals surface area contributed by atoms with Gasteiger partial charge in [0.1, 0.15) is 49.4 Å². The van der Waals surface area contributed by atoms with Crippen LogP contribution in [0.25, 0.3) is 43.1 Å². The fraction of sp³-hybridized carbons (Fsp3) is 0.0909. The average Bonchev–Trinajstić information content (AvgIpc) is 2.48. The van der Waals surface area contributed by atoms with Crippen LogP contribution in [0.15, 0.2) is 201 Å². The Morgan fingerprint density at radius 2 is 0.684 bits per heavy atom. The molecule has 11 rings (SSSR count). The van der Waals surface area contributed by atoms with Gasteiger partial charge in [0.25, 0.3) is 0 Å². The smallest absolute Gasteiger partial charge is 0.339 e. The number of esters is 4. The van der Waals surface area contributed by atoms with Crippen LogP contribution in [0.1, 0.15) is 74.8 Å². The lowest BCUT2D eigenvalue weighted by Crippen LogP contribution is -2.13. The summed E-state index contributed by atoms with van der Waals surface area (Å²) in [5.41, 5.74) is 5.01.